The van der Waals surface area contributed by atoms with Crippen molar-refractivity contribution in [2.24, 2.45) is 12.8 Å². The monoisotopic (exact) mass is 415 g/mol. The van der Waals surface area contributed by atoms with Crippen molar-refractivity contribution in [2.45, 2.75) is 53.9 Å². The predicted octanol–water partition coefficient (Wildman–Crippen LogP) is 5.38. The number of nitrogens with one attached hydrogen (secondary N) is 2. The maximum atomic E-state index is 13.6. The van der Waals surface area contributed by atoms with Crippen LogP contribution in [-0.2, 0) is 11.8 Å². The molecule has 4 N–H and O–H groups in total. The first kappa shape index (κ1) is 26.9. The van der Waals surface area contributed by atoms with Gasteiger partial charge in [0, 0.05) is 36.2 Å². The molecule has 0 aliphatic heterocycles. The quantitative estimate of drug-likeness (QED) is 0.286. The number of carbonyl (C=O) groups is 1. The number of nitrogens with two attached hydrogens (primary N) is 1. The largest absolute Gasteiger partial charge is 0.366 e. The highest BCUT2D eigenvalue weighted by Crippen LogP contribution is 2.22. The van der Waals surface area contributed by atoms with Crippen LogP contribution >= 0.6 is 0 Å². The average Bonchev–Trinajstić information content (AvgIpc) is 3.12. The van der Waals surface area contributed by atoms with Crippen LogP contribution in [0.15, 0.2) is 41.4 Å². The summed E-state index contributed by atoms with van der Waals surface area (Å²) in [5, 5.41) is 14.6. The minimum Gasteiger partial charge on any atom is -0.366 e. The second-order valence-corrected chi connectivity index (χ2v) is 6.70. The van der Waals surface area contributed by atoms with E-state index in [0.717, 1.165) is 6.21 Å². The molecule has 1 rings (SSSR count). The van der Waals surface area contributed by atoms with Crippen LogP contribution in [0, 0.1) is 10.8 Å². The van der Waals surface area contributed by atoms with E-state index >= 15 is 0 Å². The molecule has 1 aromatic rings. The summed E-state index contributed by atoms with van der Waals surface area (Å²) in [5.74, 6) is -0.656. The predicted molar refractivity (Wildman–Crippen MR) is 124 cm³/mol. The summed E-state index contributed by atoms with van der Waals surface area (Å²) in [6.45, 7) is 9.45. The highest BCUT2D eigenvalue weighted by atomic mass is 19.1. The van der Waals surface area contributed by atoms with Crippen molar-refractivity contribution in [2.75, 3.05) is 0 Å². The first-order valence-electron chi connectivity index (χ1n) is 9.94. The Hall–Kier alpha value is -3.09. The number of rotatable bonds is 9. The van der Waals surface area contributed by atoms with E-state index in [4.69, 9.17) is 16.6 Å². The molecule has 0 aliphatic carbocycles. The Morgan fingerprint density at radius 1 is 1.17 bits per heavy atom. The number of aromatic nitrogens is 2. The van der Waals surface area contributed by atoms with Crippen molar-refractivity contribution in [3.05, 3.63) is 52.9 Å². The van der Waals surface area contributed by atoms with Crippen LogP contribution in [0.4, 0.5) is 4.39 Å². The van der Waals surface area contributed by atoms with Gasteiger partial charge in [0.05, 0.1) is 11.9 Å². The third-order valence-electron chi connectivity index (χ3n) is 4.41. The van der Waals surface area contributed by atoms with Gasteiger partial charge in [0.1, 0.15) is 11.7 Å². The molecule has 0 unspecified atom stereocenters. The van der Waals surface area contributed by atoms with Crippen LogP contribution in [0.3, 0.4) is 0 Å². The van der Waals surface area contributed by atoms with Gasteiger partial charge in [0.2, 0.25) is 5.91 Å². The fourth-order valence-corrected chi connectivity index (χ4v) is 2.49. The summed E-state index contributed by atoms with van der Waals surface area (Å²) in [6, 6.07) is 0. The number of primary amides is 1. The van der Waals surface area contributed by atoms with Gasteiger partial charge in [-0.1, -0.05) is 45.3 Å². The van der Waals surface area contributed by atoms with Gasteiger partial charge in [0.25, 0.3) is 0 Å². The van der Waals surface area contributed by atoms with Gasteiger partial charge in [-0.3, -0.25) is 4.79 Å². The summed E-state index contributed by atoms with van der Waals surface area (Å²) in [4.78, 5) is 15.6. The molecule has 0 bridgehead atoms. The Morgan fingerprint density at radius 2 is 1.77 bits per heavy atom. The minimum absolute atomic E-state index is 0.265. The van der Waals surface area contributed by atoms with E-state index in [2.05, 4.69) is 18.8 Å². The maximum absolute atomic E-state index is 13.6. The van der Waals surface area contributed by atoms with Crippen LogP contribution < -0.4 is 5.73 Å². The number of unbranched alkanes of at least 4 members (excludes halogenated alkanes) is 2. The third-order valence-corrected chi connectivity index (χ3v) is 4.41. The molecule has 7 heteroatoms. The van der Waals surface area contributed by atoms with E-state index in [1.54, 1.807) is 50.7 Å². The molecule has 0 aliphatic rings. The van der Waals surface area contributed by atoms with Gasteiger partial charge >= 0.3 is 0 Å². The number of carbonyl (C=O) groups excluding carboxylic acids is 1. The Labute approximate surface area is 179 Å². The number of hydrogen-bond donors (Lipinski definition) is 3. The molecule has 0 saturated heterocycles. The molecular weight excluding hydrogens is 381 g/mol. The zero-order valence-corrected chi connectivity index (χ0v) is 18.8. The fourth-order valence-electron chi connectivity index (χ4n) is 2.49. The number of aryl methyl sites for hydroxylation is 1. The summed E-state index contributed by atoms with van der Waals surface area (Å²) in [5.41, 5.74) is 7.49. The summed E-state index contributed by atoms with van der Waals surface area (Å²) < 4.78 is 15.3. The molecular formula is C23H34FN5O. The number of halogens is 1. The standard InChI is InChI=1S/C18H22FN5O.C5H12/c1-5-13(17(22)25)6-7-14(8-20)11(2)18-23-16(10-24(18)4)12(3)15(19)9-21;1-3-5-4-2/h5-10,20-21H,1-4H3,(H2,22,25);3-5H2,1-2H3/b7-6-,13-5?,14-11-,15-12-,20-8?,21-9?;. The normalized spacial score (nSPS) is 13.2. The minimum atomic E-state index is -0.655. The van der Waals surface area contributed by atoms with Gasteiger partial charge in [0.15, 0.2) is 0 Å². The van der Waals surface area contributed by atoms with Crippen molar-refractivity contribution in [1.82, 2.24) is 9.55 Å². The highest BCUT2D eigenvalue weighted by molar-refractivity contribution is 5.96. The molecule has 0 aromatic carbocycles. The number of hydrogen-bond acceptors (Lipinski definition) is 4. The molecule has 0 radical (unpaired) electrons. The molecule has 0 saturated carbocycles. The topological polar surface area (TPSA) is 109 Å². The zero-order chi connectivity index (χ0) is 23.3. The lowest BCUT2D eigenvalue weighted by atomic mass is 10.1. The van der Waals surface area contributed by atoms with Crippen molar-refractivity contribution in [1.29, 1.82) is 10.8 Å². The molecule has 0 fully saturated rings. The van der Waals surface area contributed by atoms with E-state index in [9.17, 15) is 9.18 Å². The van der Waals surface area contributed by atoms with E-state index < -0.39 is 11.7 Å². The van der Waals surface area contributed by atoms with Crippen LogP contribution in [0.2, 0.25) is 0 Å². The molecule has 164 valence electrons. The Kier molecular flexibility index (Phi) is 12.5. The number of imidazole rings is 1. The van der Waals surface area contributed by atoms with Crippen molar-refractivity contribution in [3.63, 3.8) is 0 Å². The van der Waals surface area contributed by atoms with Crippen molar-refractivity contribution in [3.8, 4) is 0 Å². The fraction of sp³-hybridized carbons (Fsp3) is 0.391. The summed E-state index contributed by atoms with van der Waals surface area (Å²) in [7, 11) is 1.76. The van der Waals surface area contributed by atoms with Crippen molar-refractivity contribution < 1.29 is 9.18 Å². The molecule has 1 heterocycles. The lowest BCUT2D eigenvalue weighted by molar-refractivity contribution is -0.114. The second kappa shape index (κ2) is 14.0. The number of allylic oxidation sites excluding steroid dienone is 6. The first-order chi connectivity index (χ1) is 14.2. The SMILES string of the molecule is CC=C(/C=C\C(C=N)=C(/C)c1nc(/C(C)=C(\F)C=N)cn1C)C(N)=O.CCCCC. The van der Waals surface area contributed by atoms with E-state index in [0.29, 0.717) is 34.5 Å². The molecule has 30 heavy (non-hydrogen) atoms. The summed E-state index contributed by atoms with van der Waals surface area (Å²) >= 11 is 0. The van der Waals surface area contributed by atoms with Gasteiger partial charge in [-0.05, 0) is 32.4 Å². The molecule has 0 spiro atoms. The van der Waals surface area contributed by atoms with Crippen molar-refractivity contribution >= 4 is 29.5 Å². The molecule has 0 atom stereocenters. The van der Waals surface area contributed by atoms with Crippen LogP contribution in [-0.4, -0.2) is 27.9 Å². The molecule has 1 aromatic heterocycles. The Balaban J connectivity index is 0.00000150. The molecule has 6 nitrogen and oxygen atoms in total. The summed E-state index contributed by atoms with van der Waals surface area (Å²) in [6.07, 6.45) is 12.3. The smallest absolute Gasteiger partial charge is 0.248 e. The van der Waals surface area contributed by atoms with Gasteiger partial charge in [-0.2, -0.15) is 0 Å². The van der Waals surface area contributed by atoms with Gasteiger partial charge in [-0.15, -0.1) is 0 Å². The Morgan fingerprint density at radius 3 is 2.17 bits per heavy atom. The first-order valence-corrected chi connectivity index (χ1v) is 9.94. The maximum Gasteiger partial charge on any atom is 0.248 e. The third kappa shape index (κ3) is 8.11. The lowest BCUT2D eigenvalue weighted by Gasteiger charge is -2.04. The van der Waals surface area contributed by atoms with Gasteiger partial charge in [-0.25, -0.2) is 9.37 Å². The average molecular weight is 416 g/mol. The zero-order valence-electron chi connectivity index (χ0n) is 18.8. The van der Waals surface area contributed by atoms with E-state index in [1.165, 1.54) is 25.3 Å². The van der Waals surface area contributed by atoms with E-state index in [-0.39, 0.29) is 5.57 Å². The lowest BCUT2D eigenvalue weighted by Crippen LogP contribution is -2.12. The van der Waals surface area contributed by atoms with Crippen LogP contribution in [0.1, 0.15) is 65.4 Å². The second-order valence-electron chi connectivity index (χ2n) is 6.70. The number of amides is 1. The Bertz CT molecular complexity index is 870. The highest BCUT2D eigenvalue weighted by Gasteiger charge is 2.13. The molecule has 1 amide bonds. The van der Waals surface area contributed by atoms with Crippen LogP contribution in [0.5, 0.6) is 0 Å². The number of nitrogens with zero attached hydrogens (tertiary/aromatic N) is 2. The van der Waals surface area contributed by atoms with E-state index in [1.807, 2.05) is 0 Å². The van der Waals surface area contributed by atoms with Crippen LogP contribution in [0.25, 0.3) is 11.1 Å². The van der Waals surface area contributed by atoms with Gasteiger partial charge < -0.3 is 21.1 Å².